The predicted octanol–water partition coefficient (Wildman–Crippen LogP) is 0.132. The normalized spacial score (nSPS) is 19.1. The third-order valence-electron chi connectivity index (χ3n) is 2.71. The van der Waals surface area contributed by atoms with E-state index in [4.69, 9.17) is 0 Å². The number of nitrogens with zero attached hydrogens (tertiary/aromatic N) is 1. The van der Waals surface area contributed by atoms with E-state index in [1.165, 1.54) is 47.5 Å². The van der Waals surface area contributed by atoms with Crippen LogP contribution in [0.5, 0.6) is 0 Å². The van der Waals surface area contributed by atoms with Crippen LogP contribution >= 0.6 is 0 Å². The minimum absolute atomic E-state index is 0.772. The fraction of sp³-hybridized carbons (Fsp3) is 1.00. The molecule has 0 aromatic carbocycles. The minimum Gasteiger partial charge on any atom is -0.326 e. The first-order chi connectivity index (χ1) is 7.97. The van der Waals surface area contributed by atoms with Crippen molar-refractivity contribution in [2.45, 2.75) is 26.2 Å². The van der Waals surface area contributed by atoms with Crippen molar-refractivity contribution < 1.29 is 21.3 Å². The van der Waals surface area contributed by atoms with Crippen LogP contribution in [-0.4, -0.2) is 60.5 Å². The van der Waals surface area contributed by atoms with Gasteiger partial charge in [-0.15, -0.1) is 4.13 Å². The lowest BCUT2D eigenvalue weighted by atomic mass is 10.4. The van der Waals surface area contributed by atoms with E-state index < -0.39 is 20.0 Å². The van der Waals surface area contributed by atoms with E-state index in [9.17, 15) is 16.8 Å². The first-order valence-corrected chi connectivity index (χ1v) is 9.78. The monoisotopic (exact) mass is 301 g/mol. The van der Waals surface area contributed by atoms with Gasteiger partial charge in [0.2, 0.25) is 20.0 Å². The lowest BCUT2D eigenvalue weighted by Crippen LogP contribution is -2.41. The topological polar surface area (TPSA) is 80.3 Å². The molecule has 1 N–H and O–H groups in total. The summed E-state index contributed by atoms with van der Waals surface area (Å²) in [6, 6.07) is 0. The maximum absolute atomic E-state index is 10.2. The second-order valence-corrected chi connectivity index (χ2v) is 8.88. The maximum Gasteiger partial charge on any atom is 0.221 e. The molecule has 1 saturated heterocycles. The minimum atomic E-state index is -3.62. The first-order valence-electron chi connectivity index (χ1n) is 5.99. The van der Waals surface area contributed by atoms with Crippen LogP contribution in [0.15, 0.2) is 0 Å². The number of hydrogen-bond donors (Lipinski definition) is 1. The van der Waals surface area contributed by atoms with Gasteiger partial charge in [0.1, 0.15) is 0 Å². The van der Waals surface area contributed by atoms with Gasteiger partial charge in [-0.25, -0.2) is 16.8 Å². The lowest BCUT2D eigenvalue weighted by Gasteiger charge is -2.28. The largest absolute Gasteiger partial charge is 0.326 e. The molecule has 0 spiro atoms. The zero-order valence-electron chi connectivity index (χ0n) is 11.6. The Bertz CT molecular complexity index is 406. The van der Waals surface area contributed by atoms with Crippen LogP contribution in [0, 0.1) is 0 Å². The summed E-state index contributed by atoms with van der Waals surface area (Å²) in [7, 11) is -4.85. The fourth-order valence-electron chi connectivity index (χ4n) is 2.14. The number of hydrogen-bond acceptors (Lipinski definition) is 4. The molecule has 1 heterocycles. The summed E-state index contributed by atoms with van der Waals surface area (Å²) in [6.07, 6.45) is 5.80. The highest BCUT2D eigenvalue weighted by atomic mass is 32.3. The Kier molecular flexibility index (Phi) is 6.77. The summed E-state index contributed by atoms with van der Waals surface area (Å²) >= 11 is 0. The molecule has 0 bridgehead atoms. The molecule has 0 atom stereocenters. The number of sulfonamides is 2. The van der Waals surface area contributed by atoms with Gasteiger partial charge in [0.25, 0.3) is 0 Å². The summed E-state index contributed by atoms with van der Waals surface area (Å²) in [5.41, 5.74) is 0. The van der Waals surface area contributed by atoms with Crippen LogP contribution in [0.1, 0.15) is 26.2 Å². The Labute approximate surface area is 111 Å². The molecule has 0 aromatic rings. The summed E-state index contributed by atoms with van der Waals surface area (Å²) in [4.78, 5) is 0. The van der Waals surface area contributed by atoms with Crippen LogP contribution < -0.4 is 4.13 Å². The van der Waals surface area contributed by atoms with Gasteiger partial charge in [0, 0.05) is 12.8 Å². The van der Waals surface area contributed by atoms with Crippen LogP contribution in [0.3, 0.4) is 0 Å². The van der Waals surface area contributed by atoms with Crippen molar-refractivity contribution in [2.75, 3.05) is 39.2 Å². The smallest absolute Gasteiger partial charge is 0.221 e. The van der Waals surface area contributed by atoms with E-state index in [0.29, 0.717) is 0 Å². The summed E-state index contributed by atoms with van der Waals surface area (Å²) in [5.74, 6) is 0. The molecule has 1 aliphatic heterocycles. The van der Waals surface area contributed by atoms with Gasteiger partial charge in [-0.1, -0.05) is 6.92 Å². The molecule has 0 saturated carbocycles. The van der Waals surface area contributed by atoms with E-state index in [1.807, 2.05) is 0 Å². The lowest BCUT2D eigenvalue weighted by molar-refractivity contribution is -0.897. The van der Waals surface area contributed by atoms with E-state index in [-0.39, 0.29) is 0 Å². The van der Waals surface area contributed by atoms with Gasteiger partial charge >= 0.3 is 0 Å². The van der Waals surface area contributed by atoms with Crippen LogP contribution in [0.4, 0.5) is 0 Å². The van der Waals surface area contributed by atoms with E-state index >= 15 is 0 Å². The third kappa shape index (κ3) is 9.81. The van der Waals surface area contributed by atoms with Crippen LogP contribution in [0.2, 0.25) is 0 Å². The van der Waals surface area contributed by atoms with Crippen molar-refractivity contribution in [3.05, 3.63) is 0 Å². The van der Waals surface area contributed by atoms with Crippen LogP contribution in [-0.2, 0) is 20.0 Å². The van der Waals surface area contributed by atoms with Crippen molar-refractivity contribution in [1.82, 2.24) is 4.13 Å². The molecule has 0 aliphatic carbocycles. The van der Waals surface area contributed by atoms with Crippen molar-refractivity contribution in [3.8, 4) is 0 Å². The Morgan fingerprint density at radius 2 is 1.39 bits per heavy atom. The summed E-state index contributed by atoms with van der Waals surface area (Å²) in [5, 5.41) is 0. The molecule has 0 unspecified atom stereocenters. The van der Waals surface area contributed by atoms with Gasteiger partial charge < -0.3 is 4.48 Å². The van der Waals surface area contributed by atoms with Gasteiger partial charge in [0.15, 0.2) is 0 Å². The first kappa shape index (κ1) is 17.8. The molecule has 110 valence electrons. The van der Waals surface area contributed by atoms with Crippen molar-refractivity contribution >= 4 is 20.0 Å². The third-order valence-corrected chi connectivity index (χ3v) is 5.13. The standard InChI is InChI=1S/C8H18N.C2H7NO4S2/c1-3-6-9(2)7-4-5-8-9;1-8(4,5)3-9(2,6)7/h3-8H2,1-2H3;3H,1-2H3/q+1;. The van der Waals surface area contributed by atoms with Crippen molar-refractivity contribution in [2.24, 2.45) is 0 Å². The Hall–Kier alpha value is -0.180. The number of rotatable bonds is 4. The zero-order chi connectivity index (χ0) is 14.4. The molecule has 1 aliphatic rings. The fourth-order valence-corrected chi connectivity index (χ4v) is 4.34. The van der Waals surface area contributed by atoms with E-state index in [0.717, 1.165) is 12.5 Å². The van der Waals surface area contributed by atoms with Gasteiger partial charge in [0.05, 0.1) is 39.2 Å². The SMILES string of the molecule is CCC[N+]1(C)CCCC1.CS(=O)(=O)NS(C)(=O)=O. The molecule has 0 radical (unpaired) electrons. The van der Waals surface area contributed by atoms with Gasteiger partial charge in [-0.3, -0.25) is 0 Å². The van der Waals surface area contributed by atoms with E-state index in [2.05, 4.69) is 14.0 Å². The second-order valence-electron chi connectivity index (χ2n) is 5.13. The van der Waals surface area contributed by atoms with Gasteiger partial charge in [-0.05, 0) is 6.42 Å². The molecule has 1 fully saturated rings. The molecule has 18 heavy (non-hydrogen) atoms. The average molecular weight is 301 g/mol. The molecule has 0 amide bonds. The van der Waals surface area contributed by atoms with E-state index in [1.54, 1.807) is 0 Å². The molecule has 6 nitrogen and oxygen atoms in total. The number of likely N-dealkylation sites (tertiary alicyclic amines) is 1. The Morgan fingerprint density at radius 1 is 1.00 bits per heavy atom. The zero-order valence-corrected chi connectivity index (χ0v) is 13.3. The highest BCUT2D eigenvalue weighted by Crippen LogP contribution is 2.15. The summed E-state index contributed by atoms with van der Waals surface area (Å²) in [6.45, 7) is 6.52. The molecule has 0 aromatic heterocycles. The second kappa shape index (κ2) is 6.83. The van der Waals surface area contributed by atoms with Crippen molar-refractivity contribution in [3.63, 3.8) is 0 Å². The van der Waals surface area contributed by atoms with Crippen molar-refractivity contribution in [1.29, 1.82) is 0 Å². The molecular formula is C10H25N2O4S2+. The number of nitrogens with one attached hydrogen (secondary N) is 1. The highest BCUT2D eigenvalue weighted by Gasteiger charge is 2.24. The Morgan fingerprint density at radius 3 is 1.61 bits per heavy atom. The van der Waals surface area contributed by atoms with Gasteiger partial charge in [-0.2, -0.15) is 0 Å². The Balaban J connectivity index is 0.000000321. The highest BCUT2D eigenvalue weighted by molar-refractivity contribution is 8.04. The van der Waals surface area contributed by atoms with Crippen LogP contribution in [0.25, 0.3) is 0 Å². The molecule has 1 rings (SSSR count). The molecule has 8 heteroatoms. The summed E-state index contributed by atoms with van der Waals surface area (Å²) < 4.78 is 43.4. The predicted molar refractivity (Wildman–Crippen MR) is 73.1 cm³/mol. The quantitative estimate of drug-likeness (QED) is 0.749. The number of quaternary nitrogens is 1. The molecular weight excluding hydrogens is 276 g/mol. The average Bonchev–Trinajstić information content (AvgIpc) is 2.46. The maximum atomic E-state index is 10.2.